The first-order valence-electron chi connectivity index (χ1n) is 8.47. The number of aromatic nitrogens is 2. The number of nitrogens with zero attached hydrogens (tertiary/aromatic N) is 4. The van der Waals surface area contributed by atoms with Gasteiger partial charge in [-0.3, -0.25) is 14.5 Å². The number of nitrogens with one attached hydrogen (secondary N) is 1. The topological polar surface area (TPSA) is 81.8 Å². The number of rotatable bonds is 3. The minimum absolute atomic E-state index is 0.144. The Morgan fingerprint density at radius 1 is 1.25 bits per heavy atom. The fourth-order valence-electron chi connectivity index (χ4n) is 3.44. The van der Waals surface area contributed by atoms with Gasteiger partial charge in [0, 0.05) is 51.7 Å². The van der Waals surface area contributed by atoms with E-state index in [0.717, 1.165) is 13.1 Å². The van der Waals surface area contributed by atoms with Crippen molar-refractivity contribution in [2.45, 2.75) is 26.1 Å². The molecule has 0 unspecified atom stereocenters. The zero-order valence-electron chi connectivity index (χ0n) is 14.3. The predicted octanol–water partition coefficient (Wildman–Crippen LogP) is -0.472. The first-order chi connectivity index (χ1) is 11.5. The Hall–Kier alpha value is -1.93. The number of anilines is 1. The van der Waals surface area contributed by atoms with E-state index in [1.54, 1.807) is 6.20 Å². The van der Waals surface area contributed by atoms with Crippen LogP contribution in [0.25, 0.3) is 0 Å². The number of piperazine rings is 1. The average Bonchev–Trinajstić information content (AvgIpc) is 2.54. The van der Waals surface area contributed by atoms with E-state index in [0.29, 0.717) is 38.5 Å². The summed E-state index contributed by atoms with van der Waals surface area (Å²) in [5, 5.41) is 0. The second-order valence-electron chi connectivity index (χ2n) is 6.56. The molecule has 3 rings (SSSR count). The van der Waals surface area contributed by atoms with Gasteiger partial charge in [0.2, 0.25) is 5.91 Å². The SMILES string of the molecule is C[C@@H]1CN(CC(=O)N2CCN(c3ncc[nH]c3=O)CC2)C[C@H](C)O1. The standard InChI is InChI=1S/C16H25N5O3/c1-12-9-19(10-13(2)24-12)11-14(22)20-5-7-21(8-6-20)15-16(23)18-4-3-17-15/h3-4,12-13H,5-11H2,1-2H3,(H,18,23)/t12-,13+. The van der Waals surface area contributed by atoms with Gasteiger partial charge < -0.3 is 19.5 Å². The first-order valence-corrected chi connectivity index (χ1v) is 8.47. The van der Waals surface area contributed by atoms with Gasteiger partial charge in [0.05, 0.1) is 18.8 Å². The maximum Gasteiger partial charge on any atom is 0.290 e. The van der Waals surface area contributed by atoms with Gasteiger partial charge in [-0.2, -0.15) is 0 Å². The zero-order valence-corrected chi connectivity index (χ0v) is 14.3. The Morgan fingerprint density at radius 2 is 1.92 bits per heavy atom. The summed E-state index contributed by atoms with van der Waals surface area (Å²) in [7, 11) is 0. The highest BCUT2D eigenvalue weighted by molar-refractivity contribution is 5.78. The van der Waals surface area contributed by atoms with Crippen molar-refractivity contribution in [3.05, 3.63) is 22.7 Å². The molecule has 1 amide bonds. The van der Waals surface area contributed by atoms with E-state index in [4.69, 9.17) is 4.74 Å². The van der Waals surface area contributed by atoms with Crippen molar-refractivity contribution in [3.63, 3.8) is 0 Å². The molecule has 2 saturated heterocycles. The number of ether oxygens (including phenoxy) is 1. The molecular weight excluding hydrogens is 310 g/mol. The molecule has 8 nitrogen and oxygen atoms in total. The number of carbonyl (C=O) groups excluding carboxylic acids is 1. The van der Waals surface area contributed by atoms with Gasteiger partial charge in [-0.25, -0.2) is 4.98 Å². The number of hydrogen-bond donors (Lipinski definition) is 1. The van der Waals surface area contributed by atoms with E-state index < -0.39 is 0 Å². The van der Waals surface area contributed by atoms with Gasteiger partial charge in [0.1, 0.15) is 0 Å². The highest BCUT2D eigenvalue weighted by Crippen LogP contribution is 2.12. The van der Waals surface area contributed by atoms with E-state index in [1.165, 1.54) is 6.20 Å². The van der Waals surface area contributed by atoms with Crippen molar-refractivity contribution < 1.29 is 9.53 Å². The smallest absolute Gasteiger partial charge is 0.290 e. The third-order valence-electron chi connectivity index (χ3n) is 4.47. The van der Waals surface area contributed by atoms with Crippen LogP contribution >= 0.6 is 0 Å². The largest absolute Gasteiger partial charge is 0.373 e. The van der Waals surface area contributed by atoms with E-state index in [2.05, 4.69) is 14.9 Å². The lowest BCUT2D eigenvalue weighted by Crippen LogP contribution is -2.54. The van der Waals surface area contributed by atoms with Crippen LogP contribution in [0.2, 0.25) is 0 Å². The number of hydrogen-bond acceptors (Lipinski definition) is 6. The van der Waals surface area contributed by atoms with Crippen LogP contribution in [0, 0.1) is 0 Å². The quantitative estimate of drug-likeness (QED) is 0.804. The average molecular weight is 335 g/mol. The van der Waals surface area contributed by atoms with Crippen LogP contribution in [0.15, 0.2) is 17.2 Å². The number of morpholine rings is 1. The van der Waals surface area contributed by atoms with Gasteiger partial charge >= 0.3 is 0 Å². The monoisotopic (exact) mass is 335 g/mol. The second-order valence-corrected chi connectivity index (χ2v) is 6.56. The highest BCUT2D eigenvalue weighted by Gasteiger charge is 2.27. The van der Waals surface area contributed by atoms with E-state index in [-0.39, 0.29) is 23.7 Å². The van der Waals surface area contributed by atoms with Crippen molar-refractivity contribution in [3.8, 4) is 0 Å². The van der Waals surface area contributed by atoms with Gasteiger partial charge in [0.25, 0.3) is 5.56 Å². The Kier molecular flexibility index (Phi) is 5.15. The molecule has 2 aliphatic rings. The summed E-state index contributed by atoms with van der Waals surface area (Å²) in [6.07, 6.45) is 3.42. The number of H-pyrrole nitrogens is 1. The molecule has 0 spiro atoms. The Morgan fingerprint density at radius 3 is 2.54 bits per heavy atom. The molecule has 2 atom stereocenters. The predicted molar refractivity (Wildman–Crippen MR) is 90.1 cm³/mol. The van der Waals surface area contributed by atoms with E-state index >= 15 is 0 Å². The molecule has 0 bridgehead atoms. The third kappa shape index (κ3) is 3.93. The molecular formula is C16H25N5O3. The van der Waals surface area contributed by atoms with Gasteiger partial charge in [-0.1, -0.05) is 0 Å². The highest BCUT2D eigenvalue weighted by atomic mass is 16.5. The van der Waals surface area contributed by atoms with Crippen LogP contribution in [0.5, 0.6) is 0 Å². The molecule has 2 fully saturated rings. The van der Waals surface area contributed by atoms with Crippen LogP contribution in [0.3, 0.4) is 0 Å². The molecule has 8 heteroatoms. The molecule has 2 aliphatic heterocycles. The van der Waals surface area contributed by atoms with Crippen molar-refractivity contribution in [2.75, 3.05) is 50.7 Å². The molecule has 0 aliphatic carbocycles. The number of carbonyl (C=O) groups is 1. The van der Waals surface area contributed by atoms with Gasteiger partial charge in [0.15, 0.2) is 5.82 Å². The van der Waals surface area contributed by atoms with Crippen molar-refractivity contribution in [1.29, 1.82) is 0 Å². The van der Waals surface area contributed by atoms with E-state index in [1.807, 2.05) is 23.6 Å². The maximum absolute atomic E-state index is 12.5. The molecule has 0 aromatic carbocycles. The molecule has 1 aromatic rings. The summed E-state index contributed by atoms with van der Waals surface area (Å²) < 4.78 is 5.70. The van der Waals surface area contributed by atoms with Crippen molar-refractivity contribution in [1.82, 2.24) is 19.8 Å². The molecule has 0 radical (unpaired) electrons. The lowest BCUT2D eigenvalue weighted by atomic mass is 10.2. The lowest BCUT2D eigenvalue weighted by Gasteiger charge is -2.38. The Balaban J connectivity index is 1.52. The summed E-state index contributed by atoms with van der Waals surface area (Å²) in [6.45, 7) is 8.58. The van der Waals surface area contributed by atoms with Crippen LogP contribution in [0.1, 0.15) is 13.8 Å². The fraction of sp³-hybridized carbons (Fsp3) is 0.688. The summed E-state index contributed by atoms with van der Waals surface area (Å²) in [6, 6.07) is 0. The molecule has 1 N–H and O–H groups in total. The minimum Gasteiger partial charge on any atom is -0.373 e. The zero-order chi connectivity index (χ0) is 17.1. The van der Waals surface area contributed by atoms with Crippen LogP contribution in [-0.2, 0) is 9.53 Å². The summed E-state index contributed by atoms with van der Waals surface area (Å²) in [5.41, 5.74) is -0.187. The molecule has 0 saturated carbocycles. The van der Waals surface area contributed by atoms with Crippen molar-refractivity contribution in [2.24, 2.45) is 0 Å². The summed E-state index contributed by atoms with van der Waals surface area (Å²) >= 11 is 0. The normalized spacial score (nSPS) is 25.8. The van der Waals surface area contributed by atoms with Crippen LogP contribution in [0.4, 0.5) is 5.82 Å². The molecule has 3 heterocycles. The van der Waals surface area contributed by atoms with Crippen LogP contribution in [-0.4, -0.2) is 83.7 Å². The first kappa shape index (κ1) is 16.9. The van der Waals surface area contributed by atoms with Gasteiger partial charge in [-0.15, -0.1) is 0 Å². The second kappa shape index (κ2) is 7.31. The summed E-state index contributed by atoms with van der Waals surface area (Å²) in [4.78, 5) is 37.1. The lowest BCUT2D eigenvalue weighted by molar-refractivity contribution is -0.136. The molecule has 132 valence electrons. The van der Waals surface area contributed by atoms with Crippen LogP contribution < -0.4 is 10.5 Å². The fourth-order valence-corrected chi connectivity index (χ4v) is 3.44. The Bertz CT molecular complexity index is 616. The minimum atomic E-state index is -0.187. The number of aromatic amines is 1. The molecule has 24 heavy (non-hydrogen) atoms. The Labute approximate surface area is 141 Å². The van der Waals surface area contributed by atoms with E-state index in [9.17, 15) is 9.59 Å². The maximum atomic E-state index is 12.5. The number of amides is 1. The summed E-state index contributed by atoms with van der Waals surface area (Å²) in [5.74, 6) is 0.575. The van der Waals surface area contributed by atoms with Gasteiger partial charge in [-0.05, 0) is 13.8 Å². The van der Waals surface area contributed by atoms with Crippen molar-refractivity contribution >= 4 is 11.7 Å². The third-order valence-corrected chi connectivity index (χ3v) is 4.47. The molecule has 1 aromatic heterocycles.